The molecule has 14 heteroatoms. The Morgan fingerprint density at radius 3 is 2.07 bits per heavy atom. The molecule has 0 radical (unpaired) electrons. The molecule has 2 N–H and O–H groups in total. The van der Waals surface area contributed by atoms with E-state index >= 15 is 0 Å². The highest BCUT2D eigenvalue weighted by atomic mass is 32.2. The molecule has 0 fully saturated rings. The van der Waals surface area contributed by atoms with Crippen molar-refractivity contribution in [3.8, 4) is 0 Å². The molecule has 0 saturated heterocycles. The lowest BCUT2D eigenvalue weighted by molar-refractivity contribution is -0.396. The summed E-state index contributed by atoms with van der Waals surface area (Å²) in [6.07, 6.45) is 0. The predicted molar refractivity (Wildman–Crippen MR) is 99.0 cm³/mol. The fraction of sp³-hybridized carbons (Fsp3) is 0.133. The quantitative estimate of drug-likeness (QED) is 0.263. The molecular weight excluding hydrogens is 410 g/mol. The maximum atomic E-state index is 11.6. The Bertz CT molecular complexity index is 952. The number of hydrogen-bond donors (Lipinski definition) is 2. The van der Waals surface area contributed by atoms with Crippen LogP contribution in [0, 0.1) is 30.3 Å². The minimum absolute atomic E-state index is 0.0320. The molecule has 152 valence electrons. The van der Waals surface area contributed by atoms with Crippen LogP contribution < -0.4 is 5.48 Å². The summed E-state index contributed by atoms with van der Waals surface area (Å²) in [5.74, 6) is -0.802. The lowest BCUT2D eigenvalue weighted by Crippen LogP contribution is -2.31. The third-order valence-corrected chi connectivity index (χ3v) is 4.59. The van der Waals surface area contributed by atoms with Gasteiger partial charge < -0.3 is 0 Å². The van der Waals surface area contributed by atoms with Gasteiger partial charge in [0.1, 0.15) is 4.90 Å². The first-order chi connectivity index (χ1) is 13.7. The lowest BCUT2D eigenvalue weighted by atomic mass is 10.2. The molecule has 0 aromatic heterocycles. The predicted octanol–water partition coefficient (Wildman–Crippen LogP) is 2.43. The Kier molecular flexibility index (Phi) is 7.13. The first-order valence-electron chi connectivity index (χ1n) is 7.73. The van der Waals surface area contributed by atoms with E-state index in [-0.39, 0.29) is 23.7 Å². The SMILES string of the molecule is O=C(CN(Cc1ccc([N+](=O)[O-])cc1)Sc1ccc([N+](=O)[O-])cc1[N+](=O)[O-])NO. The van der Waals surface area contributed by atoms with Crippen molar-refractivity contribution in [2.45, 2.75) is 11.4 Å². The van der Waals surface area contributed by atoms with E-state index in [0.29, 0.717) is 5.56 Å². The molecule has 2 aromatic carbocycles. The van der Waals surface area contributed by atoms with Gasteiger partial charge in [-0.1, -0.05) is 12.1 Å². The molecule has 13 nitrogen and oxygen atoms in total. The zero-order chi connectivity index (χ0) is 21.6. The number of nitro benzene ring substituents is 3. The van der Waals surface area contributed by atoms with Crippen molar-refractivity contribution in [2.24, 2.45) is 0 Å². The van der Waals surface area contributed by atoms with E-state index in [1.165, 1.54) is 40.1 Å². The van der Waals surface area contributed by atoms with Gasteiger partial charge >= 0.3 is 0 Å². The second kappa shape index (κ2) is 9.54. The van der Waals surface area contributed by atoms with Gasteiger partial charge in [0.15, 0.2) is 0 Å². The van der Waals surface area contributed by atoms with E-state index in [9.17, 15) is 35.1 Å². The molecule has 1 amide bonds. The van der Waals surface area contributed by atoms with Crippen LogP contribution in [0.5, 0.6) is 0 Å². The number of nitro groups is 3. The normalized spacial score (nSPS) is 10.6. The summed E-state index contributed by atoms with van der Waals surface area (Å²) in [5.41, 5.74) is 0.880. The van der Waals surface area contributed by atoms with Crippen LogP contribution in [-0.4, -0.2) is 36.7 Å². The number of hydroxylamine groups is 1. The molecule has 0 aliphatic carbocycles. The summed E-state index contributed by atoms with van der Waals surface area (Å²) in [6.45, 7) is -0.351. The number of hydrogen-bond acceptors (Lipinski definition) is 10. The second-order valence-electron chi connectivity index (χ2n) is 5.51. The van der Waals surface area contributed by atoms with Crippen molar-refractivity contribution in [3.63, 3.8) is 0 Å². The van der Waals surface area contributed by atoms with Gasteiger partial charge in [-0.2, -0.15) is 0 Å². The van der Waals surface area contributed by atoms with E-state index in [1.807, 2.05) is 0 Å². The van der Waals surface area contributed by atoms with Gasteiger partial charge in [-0.25, -0.2) is 9.79 Å². The standard InChI is InChI=1S/C15H13N5O8S/c21-15(16-22)9-17(8-10-1-3-11(4-2-10)18(23)24)29-14-6-5-12(19(25)26)7-13(14)20(27)28/h1-7,22H,8-9H2,(H,16,21). The average molecular weight is 423 g/mol. The van der Waals surface area contributed by atoms with Gasteiger partial charge in [-0.15, -0.1) is 0 Å². The molecule has 2 rings (SSSR count). The smallest absolute Gasteiger partial charge is 0.289 e. The number of nitrogens with zero attached hydrogens (tertiary/aromatic N) is 4. The van der Waals surface area contributed by atoms with Crippen molar-refractivity contribution in [2.75, 3.05) is 6.54 Å². The van der Waals surface area contributed by atoms with Gasteiger partial charge in [0.25, 0.3) is 23.0 Å². The molecule has 0 unspecified atom stereocenters. The summed E-state index contributed by atoms with van der Waals surface area (Å²) >= 11 is 0.776. The van der Waals surface area contributed by atoms with Gasteiger partial charge in [0.2, 0.25) is 0 Å². The van der Waals surface area contributed by atoms with E-state index in [2.05, 4.69) is 0 Å². The third-order valence-electron chi connectivity index (χ3n) is 3.53. The van der Waals surface area contributed by atoms with Crippen LogP contribution >= 0.6 is 11.9 Å². The largest absolute Gasteiger partial charge is 0.291 e. The minimum atomic E-state index is -0.802. The molecule has 0 aliphatic rings. The summed E-state index contributed by atoms with van der Waals surface area (Å²) in [7, 11) is 0. The maximum Gasteiger partial charge on any atom is 0.291 e. The van der Waals surface area contributed by atoms with E-state index in [0.717, 1.165) is 24.1 Å². The Hall–Kier alpha value is -3.62. The van der Waals surface area contributed by atoms with E-state index in [4.69, 9.17) is 5.21 Å². The zero-order valence-electron chi connectivity index (χ0n) is 14.5. The second-order valence-corrected chi connectivity index (χ2v) is 6.65. The summed E-state index contributed by atoms with van der Waals surface area (Å²) in [6, 6.07) is 8.50. The first kappa shape index (κ1) is 21.7. The Labute approximate surface area is 166 Å². The number of carbonyl (C=O) groups is 1. The molecular formula is C15H13N5O8S. The number of benzene rings is 2. The number of non-ortho nitro benzene ring substituents is 2. The molecule has 0 spiro atoms. The molecule has 0 saturated carbocycles. The van der Waals surface area contributed by atoms with Crippen LogP contribution in [-0.2, 0) is 11.3 Å². The Balaban J connectivity index is 2.30. The summed E-state index contributed by atoms with van der Waals surface area (Å²) in [4.78, 5) is 42.4. The highest BCUT2D eigenvalue weighted by Crippen LogP contribution is 2.35. The molecule has 0 atom stereocenters. The Morgan fingerprint density at radius 1 is 0.966 bits per heavy atom. The van der Waals surface area contributed by atoms with Crippen molar-refractivity contribution in [1.29, 1.82) is 0 Å². The molecule has 2 aromatic rings. The summed E-state index contributed by atoms with van der Waals surface area (Å²) in [5, 5.41) is 41.6. The lowest BCUT2D eigenvalue weighted by Gasteiger charge is -2.20. The van der Waals surface area contributed by atoms with E-state index < -0.39 is 32.1 Å². The monoisotopic (exact) mass is 423 g/mol. The van der Waals surface area contributed by atoms with Gasteiger partial charge in [0.05, 0.1) is 27.4 Å². The molecule has 0 bridgehead atoms. The maximum absolute atomic E-state index is 11.6. The minimum Gasteiger partial charge on any atom is -0.289 e. The van der Waals surface area contributed by atoms with Crippen molar-refractivity contribution in [3.05, 3.63) is 78.4 Å². The third kappa shape index (κ3) is 5.93. The van der Waals surface area contributed by atoms with Gasteiger partial charge in [0, 0.05) is 24.7 Å². The van der Waals surface area contributed by atoms with Gasteiger partial charge in [-0.05, 0) is 23.6 Å². The van der Waals surface area contributed by atoms with Crippen LogP contribution in [0.2, 0.25) is 0 Å². The number of carbonyl (C=O) groups excluding carboxylic acids is 1. The van der Waals surface area contributed by atoms with Crippen molar-refractivity contribution < 1.29 is 24.8 Å². The first-order valence-corrected chi connectivity index (χ1v) is 8.50. The van der Waals surface area contributed by atoms with Gasteiger partial charge in [-0.3, -0.25) is 40.3 Å². The number of amides is 1. The average Bonchev–Trinajstić information content (AvgIpc) is 2.68. The molecule has 0 aliphatic heterocycles. The van der Waals surface area contributed by atoms with Crippen LogP contribution in [0.4, 0.5) is 17.1 Å². The fourth-order valence-electron chi connectivity index (χ4n) is 2.22. The topological polar surface area (TPSA) is 182 Å². The van der Waals surface area contributed by atoms with Crippen molar-refractivity contribution >= 4 is 34.9 Å². The number of rotatable bonds is 9. The van der Waals surface area contributed by atoms with Crippen LogP contribution in [0.1, 0.15) is 5.56 Å². The van der Waals surface area contributed by atoms with Crippen LogP contribution in [0.25, 0.3) is 0 Å². The van der Waals surface area contributed by atoms with E-state index in [1.54, 1.807) is 0 Å². The van der Waals surface area contributed by atoms with Crippen LogP contribution in [0.3, 0.4) is 0 Å². The Morgan fingerprint density at radius 2 is 1.55 bits per heavy atom. The van der Waals surface area contributed by atoms with Crippen molar-refractivity contribution in [1.82, 2.24) is 9.79 Å². The highest BCUT2D eigenvalue weighted by Gasteiger charge is 2.23. The molecule has 29 heavy (non-hydrogen) atoms. The zero-order valence-corrected chi connectivity index (χ0v) is 15.3. The highest BCUT2D eigenvalue weighted by molar-refractivity contribution is 7.97. The summed E-state index contributed by atoms with van der Waals surface area (Å²) < 4.78 is 1.35. The number of nitrogens with one attached hydrogen (secondary N) is 1. The van der Waals surface area contributed by atoms with Crippen LogP contribution in [0.15, 0.2) is 47.4 Å². The molecule has 0 heterocycles. The fourth-order valence-corrected chi connectivity index (χ4v) is 3.25.